The lowest BCUT2D eigenvalue weighted by Crippen LogP contribution is -2.39. The molecule has 5 heteroatoms. The Morgan fingerprint density at radius 2 is 1.92 bits per heavy atom. The molecule has 0 fully saturated rings. The van der Waals surface area contributed by atoms with Gasteiger partial charge in [0.1, 0.15) is 0 Å². The molecule has 0 saturated carbocycles. The lowest BCUT2D eigenvalue weighted by atomic mass is 10.0. The molecule has 0 atom stereocenters. The molecule has 0 bridgehead atoms. The minimum atomic E-state index is 0.594. The van der Waals surface area contributed by atoms with Gasteiger partial charge in [-0.05, 0) is 36.0 Å². The van der Waals surface area contributed by atoms with E-state index >= 15 is 0 Å². The maximum atomic E-state index is 4.25. The van der Waals surface area contributed by atoms with E-state index in [0.29, 0.717) is 5.92 Å². The van der Waals surface area contributed by atoms with Gasteiger partial charge in [-0.25, -0.2) is 0 Å². The molecule has 24 heavy (non-hydrogen) atoms. The summed E-state index contributed by atoms with van der Waals surface area (Å²) in [4.78, 5) is 4.25. The Balaban J connectivity index is 1.62. The van der Waals surface area contributed by atoms with Gasteiger partial charge in [-0.3, -0.25) is 9.67 Å². The lowest BCUT2D eigenvalue weighted by Gasteiger charge is -2.12. The van der Waals surface area contributed by atoms with Gasteiger partial charge in [-0.15, -0.1) is 0 Å². The number of nitrogens with one attached hydrogen (secondary N) is 2. The fourth-order valence-corrected chi connectivity index (χ4v) is 2.51. The van der Waals surface area contributed by atoms with Crippen LogP contribution >= 0.6 is 0 Å². The number of guanidine groups is 1. The van der Waals surface area contributed by atoms with Crippen molar-refractivity contribution in [1.82, 2.24) is 20.4 Å². The maximum absolute atomic E-state index is 4.25. The van der Waals surface area contributed by atoms with E-state index in [-0.39, 0.29) is 0 Å². The largest absolute Gasteiger partial charge is 0.356 e. The van der Waals surface area contributed by atoms with Crippen molar-refractivity contribution >= 4 is 5.96 Å². The average molecular weight is 327 g/mol. The van der Waals surface area contributed by atoms with Gasteiger partial charge in [0.25, 0.3) is 0 Å². The quantitative estimate of drug-likeness (QED) is 0.445. The predicted octanol–water partition coefficient (Wildman–Crippen LogP) is 2.80. The van der Waals surface area contributed by atoms with Crippen molar-refractivity contribution in [3.8, 4) is 0 Å². The summed E-state index contributed by atoms with van der Waals surface area (Å²) in [6, 6.07) is 10.9. The van der Waals surface area contributed by atoms with Gasteiger partial charge in [0.05, 0.1) is 6.54 Å². The second kappa shape index (κ2) is 9.75. The van der Waals surface area contributed by atoms with E-state index in [1.54, 1.807) is 13.2 Å². The summed E-state index contributed by atoms with van der Waals surface area (Å²) >= 11 is 0. The lowest BCUT2D eigenvalue weighted by molar-refractivity contribution is 0.597. The van der Waals surface area contributed by atoms with Crippen LogP contribution in [0.5, 0.6) is 0 Å². The third-order valence-electron chi connectivity index (χ3n) is 4.00. The number of hydrogen-bond donors (Lipinski definition) is 2. The molecule has 0 saturated heterocycles. The smallest absolute Gasteiger partial charge is 0.191 e. The van der Waals surface area contributed by atoms with Gasteiger partial charge in [-0.1, -0.05) is 38.1 Å². The number of benzene rings is 1. The summed E-state index contributed by atoms with van der Waals surface area (Å²) in [6.45, 7) is 7.00. The molecular formula is C19H29N5. The predicted molar refractivity (Wildman–Crippen MR) is 100 cm³/mol. The normalized spacial score (nSPS) is 11.8. The van der Waals surface area contributed by atoms with Gasteiger partial charge < -0.3 is 10.6 Å². The molecule has 1 heterocycles. The van der Waals surface area contributed by atoms with Crippen LogP contribution in [0.15, 0.2) is 47.7 Å². The first-order valence-corrected chi connectivity index (χ1v) is 8.70. The highest BCUT2D eigenvalue weighted by Crippen LogP contribution is 2.15. The van der Waals surface area contributed by atoms with Gasteiger partial charge in [0.2, 0.25) is 0 Å². The average Bonchev–Trinajstić information content (AvgIpc) is 3.10. The van der Waals surface area contributed by atoms with Crippen LogP contribution in [0.1, 0.15) is 37.3 Å². The van der Waals surface area contributed by atoms with Gasteiger partial charge in [0, 0.05) is 32.5 Å². The van der Waals surface area contributed by atoms with Crippen molar-refractivity contribution in [3.05, 3.63) is 53.9 Å². The molecule has 0 amide bonds. The number of nitrogens with zero attached hydrogens (tertiary/aromatic N) is 3. The zero-order chi connectivity index (χ0) is 17.2. The van der Waals surface area contributed by atoms with Crippen LogP contribution in [0.4, 0.5) is 0 Å². The Hall–Kier alpha value is -2.30. The summed E-state index contributed by atoms with van der Waals surface area (Å²) in [6.07, 6.45) is 5.92. The van der Waals surface area contributed by atoms with Crippen LogP contribution in [-0.2, 0) is 13.0 Å². The highest BCUT2D eigenvalue weighted by molar-refractivity contribution is 5.79. The van der Waals surface area contributed by atoms with E-state index in [9.17, 15) is 0 Å². The van der Waals surface area contributed by atoms with E-state index in [2.05, 4.69) is 58.8 Å². The van der Waals surface area contributed by atoms with Crippen LogP contribution in [-0.4, -0.2) is 35.9 Å². The van der Waals surface area contributed by atoms with Crippen molar-refractivity contribution in [2.75, 3.05) is 20.1 Å². The van der Waals surface area contributed by atoms with E-state index < -0.39 is 0 Å². The number of aliphatic imine (C=N–C) groups is 1. The fraction of sp³-hybridized carbons (Fsp3) is 0.474. The summed E-state index contributed by atoms with van der Waals surface area (Å²) in [7, 11) is 1.80. The molecule has 0 spiro atoms. The first kappa shape index (κ1) is 18.0. The summed E-state index contributed by atoms with van der Waals surface area (Å²) in [5.74, 6) is 1.44. The Kier molecular flexibility index (Phi) is 7.33. The fourth-order valence-electron chi connectivity index (χ4n) is 2.51. The Morgan fingerprint density at radius 3 is 2.54 bits per heavy atom. The monoisotopic (exact) mass is 327 g/mol. The molecular weight excluding hydrogens is 298 g/mol. The highest BCUT2D eigenvalue weighted by atomic mass is 15.3. The molecule has 2 rings (SSSR count). The van der Waals surface area contributed by atoms with Crippen LogP contribution in [0.25, 0.3) is 0 Å². The van der Waals surface area contributed by atoms with Crippen molar-refractivity contribution in [2.24, 2.45) is 4.99 Å². The first-order valence-electron chi connectivity index (χ1n) is 8.70. The number of hydrogen-bond acceptors (Lipinski definition) is 2. The van der Waals surface area contributed by atoms with E-state index in [0.717, 1.165) is 38.4 Å². The van der Waals surface area contributed by atoms with Gasteiger partial charge in [-0.2, -0.15) is 5.10 Å². The molecule has 0 aliphatic carbocycles. The molecule has 0 aliphatic heterocycles. The molecule has 0 radical (unpaired) electrons. The molecule has 2 aromatic rings. The third kappa shape index (κ3) is 6.07. The molecule has 2 N–H and O–H groups in total. The summed E-state index contributed by atoms with van der Waals surface area (Å²) in [5.41, 5.74) is 2.79. The molecule has 1 aromatic heterocycles. The van der Waals surface area contributed by atoms with Gasteiger partial charge in [0.15, 0.2) is 5.96 Å². The first-order chi connectivity index (χ1) is 11.7. The van der Waals surface area contributed by atoms with Crippen molar-refractivity contribution in [3.63, 3.8) is 0 Å². The molecule has 1 aromatic carbocycles. The highest BCUT2D eigenvalue weighted by Gasteiger charge is 2.00. The minimum absolute atomic E-state index is 0.594. The zero-order valence-corrected chi connectivity index (χ0v) is 15.0. The Bertz CT molecular complexity index is 599. The second-order valence-electron chi connectivity index (χ2n) is 6.19. The standard InChI is InChI=1S/C19H29N5/c1-16(2)18-9-7-17(8-10-18)6-4-11-21-19(20-3)22-13-15-24-14-5-12-23-24/h5,7-10,12,14,16H,4,6,11,13,15H2,1-3H3,(H2,20,21,22). The van der Waals surface area contributed by atoms with Crippen molar-refractivity contribution < 1.29 is 0 Å². The van der Waals surface area contributed by atoms with E-state index in [1.807, 2.05) is 16.9 Å². The molecule has 0 unspecified atom stereocenters. The zero-order valence-electron chi connectivity index (χ0n) is 15.0. The maximum Gasteiger partial charge on any atom is 0.191 e. The third-order valence-corrected chi connectivity index (χ3v) is 4.00. The van der Waals surface area contributed by atoms with E-state index in [4.69, 9.17) is 0 Å². The minimum Gasteiger partial charge on any atom is -0.356 e. The topological polar surface area (TPSA) is 54.2 Å². The van der Waals surface area contributed by atoms with Crippen LogP contribution < -0.4 is 10.6 Å². The SMILES string of the molecule is CN=C(NCCCc1ccc(C(C)C)cc1)NCCn1cccn1. The molecule has 0 aliphatic rings. The number of rotatable bonds is 8. The van der Waals surface area contributed by atoms with E-state index in [1.165, 1.54) is 11.1 Å². The summed E-state index contributed by atoms with van der Waals surface area (Å²) < 4.78 is 1.90. The molecule has 130 valence electrons. The van der Waals surface area contributed by atoms with Crippen LogP contribution in [0, 0.1) is 0 Å². The van der Waals surface area contributed by atoms with Crippen LogP contribution in [0.3, 0.4) is 0 Å². The van der Waals surface area contributed by atoms with Crippen molar-refractivity contribution in [2.45, 2.75) is 39.2 Å². The van der Waals surface area contributed by atoms with Crippen molar-refractivity contribution in [1.29, 1.82) is 0 Å². The number of aryl methyl sites for hydroxylation is 1. The Labute approximate surface area is 145 Å². The van der Waals surface area contributed by atoms with Crippen LogP contribution in [0.2, 0.25) is 0 Å². The number of aromatic nitrogens is 2. The molecule has 5 nitrogen and oxygen atoms in total. The van der Waals surface area contributed by atoms with Gasteiger partial charge >= 0.3 is 0 Å². The second-order valence-corrected chi connectivity index (χ2v) is 6.19. The summed E-state index contributed by atoms with van der Waals surface area (Å²) in [5, 5.41) is 10.8. The Morgan fingerprint density at radius 1 is 1.17 bits per heavy atom.